The maximum atomic E-state index is 3.62. The maximum absolute atomic E-state index is 3.62. The molecule has 17 heavy (non-hydrogen) atoms. The molecule has 0 amide bonds. The maximum Gasteiger partial charge on any atom is 0.0244 e. The van der Waals surface area contributed by atoms with Crippen LogP contribution in [0.15, 0.2) is 0 Å². The summed E-state index contributed by atoms with van der Waals surface area (Å²) in [7, 11) is 0. The number of nitrogens with one attached hydrogen (secondary N) is 1. The molecular formula is C15H32N2. The predicted octanol–water partition coefficient (Wildman–Crippen LogP) is 2.99. The van der Waals surface area contributed by atoms with Gasteiger partial charge in [0.1, 0.15) is 0 Å². The van der Waals surface area contributed by atoms with Crippen molar-refractivity contribution in [2.24, 2.45) is 17.8 Å². The Morgan fingerprint density at radius 3 is 2.35 bits per heavy atom. The minimum atomic E-state index is 0.649. The monoisotopic (exact) mass is 240 g/mol. The highest BCUT2D eigenvalue weighted by molar-refractivity contribution is 4.86. The van der Waals surface area contributed by atoms with Crippen molar-refractivity contribution in [3.63, 3.8) is 0 Å². The van der Waals surface area contributed by atoms with Crippen molar-refractivity contribution in [1.82, 2.24) is 10.2 Å². The highest BCUT2D eigenvalue weighted by Gasteiger charge is 2.28. The van der Waals surface area contributed by atoms with Gasteiger partial charge in [0.05, 0.1) is 0 Å². The summed E-state index contributed by atoms with van der Waals surface area (Å²) in [6.45, 7) is 17.7. The Hall–Kier alpha value is -0.0800. The molecule has 0 aromatic carbocycles. The van der Waals surface area contributed by atoms with Crippen LogP contribution in [0.2, 0.25) is 0 Å². The van der Waals surface area contributed by atoms with E-state index in [0.29, 0.717) is 6.04 Å². The Morgan fingerprint density at radius 2 is 1.82 bits per heavy atom. The van der Waals surface area contributed by atoms with Gasteiger partial charge in [-0.25, -0.2) is 0 Å². The Morgan fingerprint density at radius 1 is 1.18 bits per heavy atom. The standard InChI is InChI=1S/C15H32N2/c1-11(2)7-13(5)9-17-10-14(6)16-8-15(17)12(3)4/h11-16H,7-10H2,1-6H3. The van der Waals surface area contributed by atoms with Crippen molar-refractivity contribution in [2.75, 3.05) is 19.6 Å². The minimum absolute atomic E-state index is 0.649. The summed E-state index contributed by atoms with van der Waals surface area (Å²) in [6.07, 6.45) is 1.35. The van der Waals surface area contributed by atoms with E-state index < -0.39 is 0 Å². The van der Waals surface area contributed by atoms with Crippen molar-refractivity contribution < 1.29 is 0 Å². The first-order chi connectivity index (χ1) is 7.90. The minimum Gasteiger partial charge on any atom is -0.311 e. The highest BCUT2D eigenvalue weighted by Crippen LogP contribution is 2.19. The fraction of sp³-hybridized carbons (Fsp3) is 1.00. The first kappa shape index (κ1) is 15.0. The molecule has 3 unspecified atom stereocenters. The molecule has 0 aliphatic carbocycles. The molecule has 1 saturated heterocycles. The average molecular weight is 240 g/mol. The van der Waals surface area contributed by atoms with E-state index in [1.807, 2.05) is 0 Å². The highest BCUT2D eigenvalue weighted by atomic mass is 15.2. The first-order valence-electron chi connectivity index (χ1n) is 7.37. The van der Waals surface area contributed by atoms with Crippen LogP contribution in [0.4, 0.5) is 0 Å². The molecule has 1 N–H and O–H groups in total. The summed E-state index contributed by atoms with van der Waals surface area (Å²) in [5, 5.41) is 3.62. The summed E-state index contributed by atoms with van der Waals surface area (Å²) in [6, 6.07) is 1.37. The van der Waals surface area contributed by atoms with Crippen LogP contribution in [0.3, 0.4) is 0 Å². The molecule has 102 valence electrons. The predicted molar refractivity (Wildman–Crippen MR) is 76.3 cm³/mol. The van der Waals surface area contributed by atoms with Gasteiger partial charge in [0, 0.05) is 31.7 Å². The summed E-state index contributed by atoms with van der Waals surface area (Å²) < 4.78 is 0. The van der Waals surface area contributed by atoms with Crippen LogP contribution in [0, 0.1) is 17.8 Å². The smallest absolute Gasteiger partial charge is 0.0244 e. The third-order valence-electron chi connectivity index (χ3n) is 3.84. The average Bonchev–Trinajstić information content (AvgIpc) is 2.15. The molecule has 1 rings (SSSR count). The van der Waals surface area contributed by atoms with E-state index in [-0.39, 0.29) is 0 Å². The molecule has 2 heteroatoms. The van der Waals surface area contributed by atoms with Crippen LogP contribution >= 0.6 is 0 Å². The van der Waals surface area contributed by atoms with Crippen molar-refractivity contribution in [2.45, 2.75) is 60.0 Å². The summed E-state index contributed by atoms with van der Waals surface area (Å²) >= 11 is 0. The van der Waals surface area contributed by atoms with Crippen LogP contribution in [0.25, 0.3) is 0 Å². The molecule has 3 atom stereocenters. The van der Waals surface area contributed by atoms with E-state index in [9.17, 15) is 0 Å². The zero-order valence-corrected chi connectivity index (χ0v) is 12.7. The zero-order chi connectivity index (χ0) is 13.0. The van der Waals surface area contributed by atoms with E-state index in [4.69, 9.17) is 0 Å². The molecule has 1 aliphatic rings. The number of hydrogen-bond donors (Lipinski definition) is 1. The van der Waals surface area contributed by atoms with E-state index in [1.54, 1.807) is 0 Å². The van der Waals surface area contributed by atoms with Gasteiger partial charge in [-0.1, -0.05) is 34.6 Å². The molecule has 1 fully saturated rings. The first-order valence-corrected chi connectivity index (χ1v) is 7.37. The second-order valence-electron chi connectivity index (χ2n) is 6.81. The zero-order valence-electron chi connectivity index (χ0n) is 12.7. The summed E-state index contributed by atoms with van der Waals surface area (Å²) in [4.78, 5) is 2.72. The lowest BCUT2D eigenvalue weighted by Crippen LogP contribution is -2.58. The van der Waals surface area contributed by atoms with Gasteiger partial charge < -0.3 is 5.32 Å². The molecule has 1 heterocycles. The lowest BCUT2D eigenvalue weighted by atomic mass is 9.94. The number of piperazine rings is 1. The quantitative estimate of drug-likeness (QED) is 0.795. The third-order valence-corrected chi connectivity index (χ3v) is 3.84. The van der Waals surface area contributed by atoms with Crippen molar-refractivity contribution in [1.29, 1.82) is 0 Å². The Balaban J connectivity index is 2.51. The van der Waals surface area contributed by atoms with Gasteiger partial charge in [0.2, 0.25) is 0 Å². The van der Waals surface area contributed by atoms with Gasteiger partial charge in [-0.15, -0.1) is 0 Å². The van der Waals surface area contributed by atoms with Gasteiger partial charge in [-0.3, -0.25) is 4.90 Å². The molecule has 0 aromatic rings. The fourth-order valence-corrected chi connectivity index (χ4v) is 3.15. The largest absolute Gasteiger partial charge is 0.311 e. The molecular weight excluding hydrogens is 208 g/mol. The molecule has 2 nitrogen and oxygen atoms in total. The lowest BCUT2D eigenvalue weighted by molar-refractivity contribution is 0.0845. The topological polar surface area (TPSA) is 15.3 Å². The van der Waals surface area contributed by atoms with E-state index >= 15 is 0 Å². The molecule has 0 bridgehead atoms. The third kappa shape index (κ3) is 4.97. The summed E-state index contributed by atoms with van der Waals surface area (Å²) in [5.74, 6) is 2.39. The Kier molecular flexibility index (Phi) is 5.94. The molecule has 0 spiro atoms. The van der Waals surface area contributed by atoms with Gasteiger partial charge in [0.15, 0.2) is 0 Å². The fourth-order valence-electron chi connectivity index (χ4n) is 3.15. The van der Waals surface area contributed by atoms with Gasteiger partial charge in [0.25, 0.3) is 0 Å². The van der Waals surface area contributed by atoms with E-state index in [0.717, 1.165) is 30.3 Å². The van der Waals surface area contributed by atoms with Crippen LogP contribution in [0.5, 0.6) is 0 Å². The molecule has 1 aliphatic heterocycles. The van der Waals surface area contributed by atoms with Crippen LogP contribution in [-0.2, 0) is 0 Å². The second-order valence-corrected chi connectivity index (χ2v) is 6.81. The van der Waals surface area contributed by atoms with Crippen LogP contribution < -0.4 is 5.32 Å². The number of nitrogens with zero attached hydrogens (tertiary/aromatic N) is 1. The van der Waals surface area contributed by atoms with Gasteiger partial charge in [-0.05, 0) is 31.1 Å². The van der Waals surface area contributed by atoms with Crippen molar-refractivity contribution >= 4 is 0 Å². The van der Waals surface area contributed by atoms with Crippen LogP contribution in [0.1, 0.15) is 48.0 Å². The van der Waals surface area contributed by atoms with E-state index in [2.05, 4.69) is 51.8 Å². The Labute approximate surface area is 108 Å². The van der Waals surface area contributed by atoms with E-state index in [1.165, 1.54) is 19.5 Å². The van der Waals surface area contributed by atoms with Gasteiger partial charge >= 0.3 is 0 Å². The number of rotatable bonds is 5. The number of hydrogen-bond acceptors (Lipinski definition) is 2. The van der Waals surface area contributed by atoms with Crippen LogP contribution in [-0.4, -0.2) is 36.6 Å². The Bertz CT molecular complexity index is 213. The SMILES string of the molecule is CC(C)CC(C)CN1CC(C)NCC1C(C)C. The molecule has 0 aromatic heterocycles. The molecule has 0 saturated carbocycles. The second kappa shape index (κ2) is 6.75. The normalized spacial score (nSPS) is 28.9. The summed E-state index contributed by atoms with van der Waals surface area (Å²) in [5.41, 5.74) is 0. The van der Waals surface area contributed by atoms with Crippen molar-refractivity contribution in [3.05, 3.63) is 0 Å². The van der Waals surface area contributed by atoms with Crippen molar-refractivity contribution in [3.8, 4) is 0 Å². The lowest BCUT2D eigenvalue weighted by Gasteiger charge is -2.42. The molecule has 0 radical (unpaired) electrons. The van der Waals surface area contributed by atoms with Gasteiger partial charge in [-0.2, -0.15) is 0 Å².